The van der Waals surface area contributed by atoms with Crippen molar-refractivity contribution >= 4 is 5.69 Å². The summed E-state index contributed by atoms with van der Waals surface area (Å²) in [6.07, 6.45) is 0.856. The van der Waals surface area contributed by atoms with Crippen molar-refractivity contribution in [3.63, 3.8) is 0 Å². The lowest BCUT2D eigenvalue weighted by atomic mass is 10.1. The van der Waals surface area contributed by atoms with Gasteiger partial charge in [0.2, 0.25) is 0 Å². The molecule has 78 valence electrons. The van der Waals surface area contributed by atoms with Crippen molar-refractivity contribution in [1.29, 1.82) is 0 Å². The van der Waals surface area contributed by atoms with E-state index in [0.29, 0.717) is 0 Å². The zero-order chi connectivity index (χ0) is 10.8. The van der Waals surface area contributed by atoms with Crippen LogP contribution in [0.1, 0.15) is 18.3 Å². The van der Waals surface area contributed by atoms with Gasteiger partial charge in [-0.1, -0.05) is 19.1 Å². The van der Waals surface area contributed by atoms with Crippen molar-refractivity contribution in [2.75, 3.05) is 5.73 Å². The van der Waals surface area contributed by atoms with E-state index in [1.54, 1.807) is 0 Å². The highest BCUT2D eigenvalue weighted by molar-refractivity contribution is 5.67. The van der Waals surface area contributed by atoms with Gasteiger partial charge >= 0.3 is 0 Å². The molecule has 0 saturated heterocycles. The van der Waals surface area contributed by atoms with E-state index >= 15 is 0 Å². The number of rotatable bonds is 2. The number of nitrogen functional groups attached to an aromatic ring is 1. The average molecular weight is 202 g/mol. The number of aromatic amines is 1. The van der Waals surface area contributed by atoms with Gasteiger partial charge in [-0.05, 0) is 18.6 Å². The van der Waals surface area contributed by atoms with Crippen LogP contribution < -0.4 is 5.73 Å². The lowest BCUT2D eigenvalue weighted by molar-refractivity contribution is 0.946. The molecule has 0 atom stereocenters. The highest BCUT2D eigenvalue weighted by Gasteiger charge is 2.08. The Bertz CT molecular complexity index is 473. The molecule has 0 saturated carbocycles. The number of anilines is 1. The van der Waals surface area contributed by atoms with Crippen molar-refractivity contribution in [2.24, 2.45) is 0 Å². The third-order valence-corrected chi connectivity index (χ3v) is 2.48. The molecule has 4 nitrogen and oxygen atoms in total. The van der Waals surface area contributed by atoms with Crippen molar-refractivity contribution < 1.29 is 0 Å². The molecule has 0 fully saturated rings. The molecule has 2 rings (SSSR count). The summed E-state index contributed by atoms with van der Waals surface area (Å²) in [6.45, 7) is 4.02. The van der Waals surface area contributed by atoms with Gasteiger partial charge in [-0.3, -0.25) is 5.10 Å². The molecule has 1 heterocycles. The van der Waals surface area contributed by atoms with Crippen LogP contribution in [0.2, 0.25) is 0 Å². The monoisotopic (exact) mass is 202 g/mol. The number of nitrogens with two attached hydrogens (primary N) is 1. The quantitative estimate of drug-likeness (QED) is 0.731. The lowest BCUT2D eigenvalue weighted by Crippen LogP contribution is -1.93. The second kappa shape index (κ2) is 3.73. The normalized spacial score (nSPS) is 10.5. The van der Waals surface area contributed by atoms with Gasteiger partial charge in [-0.2, -0.15) is 5.10 Å². The first kappa shape index (κ1) is 9.71. The van der Waals surface area contributed by atoms with Crippen molar-refractivity contribution in [3.05, 3.63) is 29.6 Å². The molecule has 0 aliphatic rings. The van der Waals surface area contributed by atoms with Gasteiger partial charge in [-0.15, -0.1) is 0 Å². The largest absolute Gasteiger partial charge is 0.398 e. The third-order valence-electron chi connectivity index (χ3n) is 2.48. The molecule has 0 spiro atoms. The highest BCUT2D eigenvalue weighted by atomic mass is 15.2. The van der Waals surface area contributed by atoms with Crippen LogP contribution in [0, 0.1) is 6.92 Å². The van der Waals surface area contributed by atoms with Crippen LogP contribution in [0.5, 0.6) is 0 Å². The number of benzene rings is 1. The fraction of sp³-hybridized carbons (Fsp3) is 0.273. The van der Waals surface area contributed by atoms with E-state index < -0.39 is 0 Å². The Morgan fingerprint density at radius 2 is 2.20 bits per heavy atom. The van der Waals surface area contributed by atoms with E-state index in [1.165, 1.54) is 0 Å². The van der Waals surface area contributed by atoms with Gasteiger partial charge < -0.3 is 5.73 Å². The Balaban J connectivity index is 2.49. The van der Waals surface area contributed by atoms with Gasteiger partial charge in [0.15, 0.2) is 5.82 Å². The summed E-state index contributed by atoms with van der Waals surface area (Å²) in [5, 5.41) is 7.07. The number of hydrogen-bond acceptors (Lipinski definition) is 3. The van der Waals surface area contributed by atoms with Crippen LogP contribution in [0.25, 0.3) is 11.4 Å². The Morgan fingerprint density at radius 3 is 2.87 bits per heavy atom. The molecular weight excluding hydrogens is 188 g/mol. The third kappa shape index (κ3) is 1.70. The summed E-state index contributed by atoms with van der Waals surface area (Å²) < 4.78 is 0. The Morgan fingerprint density at radius 1 is 1.40 bits per heavy atom. The van der Waals surface area contributed by atoms with Crippen molar-refractivity contribution in [1.82, 2.24) is 15.2 Å². The predicted molar refractivity (Wildman–Crippen MR) is 60.3 cm³/mol. The minimum absolute atomic E-state index is 0.719. The molecule has 0 amide bonds. The number of nitrogens with one attached hydrogen (secondary N) is 1. The lowest BCUT2D eigenvalue weighted by Gasteiger charge is -2.03. The van der Waals surface area contributed by atoms with Crippen LogP contribution in [0.3, 0.4) is 0 Å². The van der Waals surface area contributed by atoms with E-state index in [1.807, 2.05) is 32.0 Å². The maximum atomic E-state index is 5.83. The average Bonchev–Trinajstić information content (AvgIpc) is 2.70. The smallest absolute Gasteiger partial charge is 0.181 e. The number of aryl methyl sites for hydroxylation is 1. The zero-order valence-electron chi connectivity index (χ0n) is 8.91. The summed E-state index contributed by atoms with van der Waals surface area (Å²) in [7, 11) is 0. The maximum Gasteiger partial charge on any atom is 0.181 e. The number of H-pyrrole nitrogens is 1. The molecule has 0 radical (unpaired) electrons. The Hall–Kier alpha value is -1.84. The molecular formula is C11H14N4. The van der Waals surface area contributed by atoms with Gasteiger partial charge in [0, 0.05) is 17.7 Å². The first-order valence-corrected chi connectivity index (χ1v) is 4.99. The summed E-state index contributed by atoms with van der Waals surface area (Å²) in [5.41, 5.74) is 8.62. The second-order valence-corrected chi connectivity index (χ2v) is 3.48. The van der Waals surface area contributed by atoms with Gasteiger partial charge in [0.05, 0.1) is 0 Å². The molecule has 1 aromatic heterocycles. The molecule has 1 aromatic carbocycles. The molecule has 0 aliphatic heterocycles. The summed E-state index contributed by atoms with van der Waals surface area (Å²) in [4.78, 5) is 4.38. The van der Waals surface area contributed by atoms with E-state index in [4.69, 9.17) is 5.73 Å². The minimum atomic E-state index is 0.719. The van der Waals surface area contributed by atoms with Crippen LogP contribution in [-0.4, -0.2) is 15.2 Å². The van der Waals surface area contributed by atoms with Crippen molar-refractivity contribution in [2.45, 2.75) is 20.3 Å². The molecule has 0 unspecified atom stereocenters. The molecule has 2 aromatic rings. The predicted octanol–water partition coefficient (Wildman–Crippen LogP) is 1.92. The van der Waals surface area contributed by atoms with Crippen LogP contribution in [-0.2, 0) is 6.42 Å². The van der Waals surface area contributed by atoms with Gasteiger partial charge in [0.25, 0.3) is 0 Å². The molecule has 15 heavy (non-hydrogen) atoms. The molecule has 3 N–H and O–H groups in total. The zero-order valence-corrected chi connectivity index (χ0v) is 8.91. The van der Waals surface area contributed by atoms with Crippen LogP contribution >= 0.6 is 0 Å². The Kier molecular flexibility index (Phi) is 2.41. The van der Waals surface area contributed by atoms with Crippen LogP contribution in [0.4, 0.5) is 5.69 Å². The second-order valence-electron chi connectivity index (χ2n) is 3.48. The maximum absolute atomic E-state index is 5.83. The first-order chi connectivity index (χ1) is 7.22. The Labute approximate surface area is 88.5 Å². The molecule has 0 bridgehead atoms. The van der Waals surface area contributed by atoms with E-state index in [0.717, 1.165) is 34.9 Å². The highest BCUT2D eigenvalue weighted by Crippen LogP contribution is 2.23. The summed E-state index contributed by atoms with van der Waals surface area (Å²) >= 11 is 0. The molecule has 4 heteroatoms. The SMILES string of the molecule is CCc1nc(-c2cccc(N)c2C)n[nH]1. The summed E-state index contributed by atoms with van der Waals surface area (Å²) in [6, 6.07) is 5.78. The van der Waals surface area contributed by atoms with Gasteiger partial charge in [0.1, 0.15) is 5.82 Å². The van der Waals surface area contributed by atoms with Crippen molar-refractivity contribution in [3.8, 4) is 11.4 Å². The number of nitrogens with zero attached hydrogens (tertiary/aromatic N) is 2. The number of hydrogen-bond donors (Lipinski definition) is 2. The van der Waals surface area contributed by atoms with Gasteiger partial charge in [-0.25, -0.2) is 4.98 Å². The van der Waals surface area contributed by atoms with E-state index in [-0.39, 0.29) is 0 Å². The standard InChI is InChI=1S/C11H14N4/c1-3-10-13-11(15-14-10)8-5-4-6-9(12)7(8)2/h4-6H,3,12H2,1-2H3,(H,13,14,15). The van der Waals surface area contributed by atoms with E-state index in [9.17, 15) is 0 Å². The number of aromatic nitrogens is 3. The minimum Gasteiger partial charge on any atom is -0.398 e. The fourth-order valence-corrected chi connectivity index (χ4v) is 1.47. The topological polar surface area (TPSA) is 67.6 Å². The first-order valence-electron chi connectivity index (χ1n) is 4.99. The fourth-order valence-electron chi connectivity index (χ4n) is 1.47. The van der Waals surface area contributed by atoms with Crippen LogP contribution in [0.15, 0.2) is 18.2 Å². The van der Waals surface area contributed by atoms with E-state index in [2.05, 4.69) is 15.2 Å². The summed E-state index contributed by atoms with van der Waals surface area (Å²) in [5.74, 6) is 1.61. The molecule has 0 aliphatic carbocycles.